The Morgan fingerprint density at radius 1 is 1.09 bits per heavy atom. The van der Waals surface area contributed by atoms with E-state index in [1.165, 1.54) is 15.0 Å². The maximum atomic E-state index is 13.7. The molecule has 8 nitrogen and oxygen atoms in total. The topological polar surface area (TPSA) is 95.0 Å². The zero-order chi connectivity index (χ0) is 24.4. The molecule has 0 spiro atoms. The summed E-state index contributed by atoms with van der Waals surface area (Å²) in [6.07, 6.45) is 2.12. The van der Waals surface area contributed by atoms with Crippen LogP contribution in [0, 0.1) is 11.6 Å². The van der Waals surface area contributed by atoms with Gasteiger partial charge in [0.05, 0.1) is 12.0 Å². The smallest absolute Gasteiger partial charge is 0.341 e. The van der Waals surface area contributed by atoms with Gasteiger partial charge in [-0.2, -0.15) is 4.99 Å². The van der Waals surface area contributed by atoms with E-state index in [-0.39, 0.29) is 40.8 Å². The van der Waals surface area contributed by atoms with Crippen LogP contribution in [0.25, 0.3) is 16.7 Å². The largest absolute Gasteiger partial charge is 0.462 e. The van der Waals surface area contributed by atoms with E-state index in [1.54, 1.807) is 31.3 Å². The summed E-state index contributed by atoms with van der Waals surface area (Å²) >= 11 is 0. The molecule has 4 aromatic rings. The standard InChI is InChI=1S/C24H20F2N4O4/c1-3-10-30-20-15(23(32)29-11-6-5-7-19(29)27-20)13-16(24(33)34-4-2)21(30)28-22(31)14-8-9-17(25)18(26)12-14/h5-9,11-13H,3-4,10H2,1-2H3. The summed E-state index contributed by atoms with van der Waals surface area (Å²) in [5, 5.41) is 0.138. The fourth-order valence-corrected chi connectivity index (χ4v) is 3.58. The van der Waals surface area contributed by atoms with Crippen LogP contribution in [-0.2, 0) is 11.3 Å². The van der Waals surface area contributed by atoms with Crippen molar-refractivity contribution in [3.8, 4) is 0 Å². The highest BCUT2D eigenvalue weighted by atomic mass is 19.2. The molecule has 0 aliphatic carbocycles. The third-order valence-corrected chi connectivity index (χ3v) is 5.11. The molecule has 4 rings (SSSR count). The van der Waals surface area contributed by atoms with E-state index in [0.717, 1.165) is 18.2 Å². The average Bonchev–Trinajstić information content (AvgIpc) is 2.82. The van der Waals surface area contributed by atoms with Crippen molar-refractivity contribution in [2.45, 2.75) is 26.8 Å². The molecule has 10 heteroatoms. The van der Waals surface area contributed by atoms with Crippen LogP contribution in [0.3, 0.4) is 0 Å². The van der Waals surface area contributed by atoms with Gasteiger partial charge in [-0.3, -0.25) is 14.0 Å². The number of nitrogens with zero attached hydrogens (tertiary/aromatic N) is 4. The molecule has 0 saturated carbocycles. The number of esters is 1. The zero-order valence-electron chi connectivity index (χ0n) is 18.4. The normalized spacial score (nSPS) is 11.8. The van der Waals surface area contributed by atoms with Crippen molar-refractivity contribution in [2.24, 2.45) is 4.99 Å². The van der Waals surface area contributed by atoms with Gasteiger partial charge >= 0.3 is 5.97 Å². The summed E-state index contributed by atoms with van der Waals surface area (Å²) in [4.78, 5) is 47.5. The number of fused-ring (bicyclic) bond motifs is 2. The summed E-state index contributed by atoms with van der Waals surface area (Å²) in [6, 6.07) is 9.00. The monoisotopic (exact) mass is 466 g/mol. The van der Waals surface area contributed by atoms with Gasteiger partial charge in [-0.25, -0.2) is 18.6 Å². The second-order valence-corrected chi connectivity index (χ2v) is 7.38. The molecule has 0 fully saturated rings. The van der Waals surface area contributed by atoms with E-state index in [9.17, 15) is 23.2 Å². The van der Waals surface area contributed by atoms with Crippen molar-refractivity contribution < 1.29 is 23.1 Å². The van der Waals surface area contributed by atoms with Gasteiger partial charge in [-0.1, -0.05) is 13.0 Å². The van der Waals surface area contributed by atoms with Gasteiger partial charge in [-0.05, 0) is 49.7 Å². The Morgan fingerprint density at radius 3 is 2.59 bits per heavy atom. The number of rotatable bonds is 5. The first kappa shape index (κ1) is 23.0. The lowest BCUT2D eigenvalue weighted by molar-refractivity contribution is 0.0523. The summed E-state index contributed by atoms with van der Waals surface area (Å²) in [5.41, 5.74) is -0.226. The Hall–Kier alpha value is -4.21. The molecule has 0 saturated heterocycles. The summed E-state index contributed by atoms with van der Waals surface area (Å²) in [5.74, 6) is -3.99. The molecular weight excluding hydrogens is 446 g/mol. The molecule has 0 N–H and O–H groups in total. The molecule has 0 bridgehead atoms. The van der Waals surface area contributed by atoms with Crippen molar-refractivity contribution >= 4 is 28.6 Å². The second-order valence-electron chi connectivity index (χ2n) is 7.38. The maximum Gasteiger partial charge on any atom is 0.341 e. The first-order chi connectivity index (χ1) is 16.3. The number of hydrogen-bond acceptors (Lipinski definition) is 5. The summed E-state index contributed by atoms with van der Waals surface area (Å²) < 4.78 is 35.0. The number of hydrogen-bond donors (Lipinski definition) is 0. The van der Waals surface area contributed by atoms with Crippen LogP contribution in [-0.4, -0.2) is 32.4 Å². The molecule has 0 unspecified atom stereocenters. The first-order valence-electron chi connectivity index (χ1n) is 10.6. The highest BCUT2D eigenvalue weighted by Crippen LogP contribution is 2.13. The number of aromatic nitrogens is 3. The Bertz CT molecular complexity index is 1570. The second kappa shape index (κ2) is 9.34. The number of pyridine rings is 2. The lowest BCUT2D eigenvalue weighted by Crippen LogP contribution is -2.32. The van der Waals surface area contributed by atoms with Crippen LogP contribution >= 0.6 is 0 Å². The van der Waals surface area contributed by atoms with E-state index in [1.807, 2.05) is 6.92 Å². The van der Waals surface area contributed by atoms with E-state index in [2.05, 4.69) is 9.98 Å². The third-order valence-electron chi connectivity index (χ3n) is 5.11. The van der Waals surface area contributed by atoms with Crippen molar-refractivity contribution in [3.63, 3.8) is 0 Å². The van der Waals surface area contributed by atoms with Crippen LogP contribution < -0.4 is 11.0 Å². The number of ether oxygens (including phenoxy) is 1. The molecule has 0 radical (unpaired) electrons. The molecule has 1 amide bonds. The van der Waals surface area contributed by atoms with E-state index in [4.69, 9.17) is 4.74 Å². The van der Waals surface area contributed by atoms with Crippen LogP contribution in [0.2, 0.25) is 0 Å². The minimum absolute atomic E-state index is 0.0517. The Labute approximate surface area is 191 Å². The van der Waals surface area contributed by atoms with Crippen molar-refractivity contribution in [3.05, 3.63) is 87.3 Å². The molecule has 174 valence electrons. The molecule has 0 atom stereocenters. The summed E-state index contributed by atoms with van der Waals surface area (Å²) in [6.45, 7) is 3.80. The van der Waals surface area contributed by atoms with Gasteiger partial charge < -0.3 is 9.30 Å². The average molecular weight is 466 g/mol. The quantitative estimate of drug-likeness (QED) is 0.332. The molecule has 1 aromatic carbocycles. The van der Waals surface area contributed by atoms with E-state index >= 15 is 0 Å². The SMILES string of the molecule is CCCn1c(=NC(=O)c2ccc(F)c(F)c2)c(C(=O)OCC)cc2c(=O)n3ccccc3nc21. The van der Waals surface area contributed by atoms with Crippen LogP contribution in [0.1, 0.15) is 41.0 Å². The number of amides is 1. The lowest BCUT2D eigenvalue weighted by Gasteiger charge is -2.14. The molecule has 3 heterocycles. The highest BCUT2D eigenvalue weighted by molar-refractivity contribution is 5.97. The predicted octanol–water partition coefficient (Wildman–Crippen LogP) is 3.26. The molecule has 0 aliphatic rings. The van der Waals surface area contributed by atoms with E-state index < -0.39 is 29.1 Å². The number of carbonyl (C=O) groups is 2. The lowest BCUT2D eigenvalue weighted by atomic mass is 10.2. The maximum absolute atomic E-state index is 13.7. The van der Waals surface area contributed by atoms with Crippen molar-refractivity contribution in [1.82, 2.24) is 14.0 Å². The van der Waals surface area contributed by atoms with Gasteiger partial charge in [-0.15, -0.1) is 0 Å². The molecule has 34 heavy (non-hydrogen) atoms. The third kappa shape index (κ3) is 4.09. The highest BCUT2D eigenvalue weighted by Gasteiger charge is 2.20. The fourth-order valence-electron chi connectivity index (χ4n) is 3.58. The zero-order valence-corrected chi connectivity index (χ0v) is 18.4. The minimum atomic E-state index is -1.20. The van der Waals surface area contributed by atoms with Crippen LogP contribution in [0.15, 0.2) is 58.4 Å². The van der Waals surface area contributed by atoms with Crippen LogP contribution in [0.4, 0.5) is 8.78 Å². The Morgan fingerprint density at radius 2 is 1.88 bits per heavy atom. The van der Waals surface area contributed by atoms with Gasteiger partial charge in [0.1, 0.15) is 16.9 Å². The number of halogens is 2. The fraction of sp³-hybridized carbons (Fsp3) is 0.208. The number of carbonyl (C=O) groups excluding carboxylic acids is 2. The van der Waals surface area contributed by atoms with Gasteiger partial charge in [0.15, 0.2) is 17.1 Å². The Kier molecular flexibility index (Phi) is 6.31. The molecular formula is C24H20F2N4O4. The van der Waals surface area contributed by atoms with Crippen molar-refractivity contribution in [1.29, 1.82) is 0 Å². The number of benzene rings is 1. The number of aryl methyl sites for hydroxylation is 1. The summed E-state index contributed by atoms with van der Waals surface area (Å²) in [7, 11) is 0. The first-order valence-corrected chi connectivity index (χ1v) is 10.6. The van der Waals surface area contributed by atoms with Gasteiger partial charge in [0.2, 0.25) is 0 Å². The van der Waals surface area contributed by atoms with Crippen LogP contribution in [0.5, 0.6) is 0 Å². The molecule has 3 aromatic heterocycles. The van der Waals surface area contributed by atoms with E-state index in [0.29, 0.717) is 12.1 Å². The van der Waals surface area contributed by atoms with Gasteiger partial charge in [0, 0.05) is 18.3 Å². The van der Waals surface area contributed by atoms with Crippen molar-refractivity contribution in [2.75, 3.05) is 6.61 Å². The van der Waals surface area contributed by atoms with Gasteiger partial charge in [0.25, 0.3) is 11.5 Å². The predicted molar refractivity (Wildman–Crippen MR) is 119 cm³/mol. The molecule has 0 aliphatic heterocycles. The Balaban J connectivity index is 2.10. The minimum Gasteiger partial charge on any atom is -0.462 e.